The summed E-state index contributed by atoms with van der Waals surface area (Å²) in [6.45, 7) is 5.38. The van der Waals surface area contributed by atoms with Crippen LogP contribution in [-0.2, 0) is 4.79 Å². The first-order valence-corrected chi connectivity index (χ1v) is 7.13. The van der Waals surface area contributed by atoms with Gasteiger partial charge < -0.3 is 9.64 Å². The minimum absolute atomic E-state index is 0.0222. The van der Waals surface area contributed by atoms with Gasteiger partial charge in [-0.1, -0.05) is 6.92 Å². The Balaban J connectivity index is 1.89. The Morgan fingerprint density at radius 1 is 1.43 bits per heavy atom. The quantitative estimate of drug-likeness (QED) is 0.631. The van der Waals surface area contributed by atoms with Crippen molar-refractivity contribution in [3.05, 3.63) is 33.9 Å². The van der Waals surface area contributed by atoms with Crippen LogP contribution in [0.4, 0.5) is 5.69 Å². The zero-order valence-corrected chi connectivity index (χ0v) is 12.4. The number of piperidine rings is 1. The Kier molecular flexibility index (Phi) is 4.77. The molecule has 114 valence electrons. The van der Waals surface area contributed by atoms with E-state index in [9.17, 15) is 14.9 Å². The monoisotopic (exact) mass is 292 g/mol. The number of hydrogen-bond donors (Lipinski definition) is 0. The summed E-state index contributed by atoms with van der Waals surface area (Å²) < 4.78 is 5.45. The Morgan fingerprint density at radius 2 is 2.10 bits per heavy atom. The minimum atomic E-state index is -0.431. The highest BCUT2D eigenvalue weighted by Crippen LogP contribution is 2.23. The molecular weight excluding hydrogens is 272 g/mol. The van der Waals surface area contributed by atoms with Crippen molar-refractivity contribution in [2.45, 2.75) is 26.7 Å². The summed E-state index contributed by atoms with van der Waals surface area (Å²) in [5, 5.41) is 10.7. The third-order valence-corrected chi connectivity index (χ3v) is 3.86. The molecule has 21 heavy (non-hydrogen) atoms. The number of nitro benzene ring substituents is 1. The van der Waals surface area contributed by atoms with Crippen LogP contribution in [0.1, 0.15) is 25.3 Å². The first kappa shape index (κ1) is 15.3. The van der Waals surface area contributed by atoms with Gasteiger partial charge in [0.15, 0.2) is 6.61 Å². The van der Waals surface area contributed by atoms with Crippen LogP contribution in [0.2, 0.25) is 0 Å². The molecule has 1 amide bonds. The van der Waals surface area contributed by atoms with Crippen LogP contribution in [0, 0.1) is 23.0 Å². The fourth-order valence-corrected chi connectivity index (χ4v) is 2.42. The van der Waals surface area contributed by atoms with Crippen molar-refractivity contribution in [2.24, 2.45) is 5.92 Å². The molecule has 1 aromatic carbocycles. The van der Waals surface area contributed by atoms with E-state index in [0.29, 0.717) is 17.2 Å². The van der Waals surface area contributed by atoms with Gasteiger partial charge in [0.1, 0.15) is 5.75 Å². The molecule has 0 radical (unpaired) electrons. The van der Waals surface area contributed by atoms with E-state index in [1.54, 1.807) is 13.0 Å². The number of amides is 1. The fourth-order valence-electron chi connectivity index (χ4n) is 2.42. The Labute approximate surface area is 123 Å². The van der Waals surface area contributed by atoms with E-state index >= 15 is 0 Å². The molecule has 0 bridgehead atoms. The number of carbonyl (C=O) groups excluding carboxylic acids is 1. The smallest absolute Gasteiger partial charge is 0.272 e. The first-order valence-electron chi connectivity index (χ1n) is 7.13. The van der Waals surface area contributed by atoms with E-state index in [4.69, 9.17) is 4.74 Å². The molecule has 0 aliphatic carbocycles. The fraction of sp³-hybridized carbons (Fsp3) is 0.533. The maximum Gasteiger partial charge on any atom is 0.272 e. The van der Waals surface area contributed by atoms with Gasteiger partial charge in [-0.25, -0.2) is 0 Å². The molecule has 0 spiro atoms. The van der Waals surface area contributed by atoms with Crippen LogP contribution >= 0.6 is 0 Å². The summed E-state index contributed by atoms with van der Waals surface area (Å²) in [5.74, 6) is 1.13. The second kappa shape index (κ2) is 6.56. The minimum Gasteiger partial charge on any atom is -0.484 e. The second-order valence-corrected chi connectivity index (χ2v) is 5.56. The average Bonchev–Trinajstić information content (AvgIpc) is 2.45. The molecule has 0 N–H and O–H groups in total. The molecule has 0 saturated carbocycles. The van der Waals surface area contributed by atoms with Gasteiger partial charge in [-0.2, -0.15) is 0 Å². The maximum absolute atomic E-state index is 12.0. The topological polar surface area (TPSA) is 72.7 Å². The first-order chi connectivity index (χ1) is 9.97. The van der Waals surface area contributed by atoms with Gasteiger partial charge in [0.05, 0.1) is 4.92 Å². The summed E-state index contributed by atoms with van der Waals surface area (Å²) >= 11 is 0. The normalized spacial score (nSPS) is 15.8. The predicted octanol–water partition coefficient (Wildman–Crippen LogP) is 2.54. The summed E-state index contributed by atoms with van der Waals surface area (Å²) in [5.41, 5.74) is 0.579. The van der Waals surface area contributed by atoms with E-state index in [0.717, 1.165) is 25.9 Å². The number of rotatable bonds is 4. The summed E-state index contributed by atoms with van der Waals surface area (Å²) in [7, 11) is 0. The Hall–Kier alpha value is -2.11. The van der Waals surface area contributed by atoms with Gasteiger partial charge in [-0.3, -0.25) is 14.9 Å². The van der Waals surface area contributed by atoms with Crippen LogP contribution in [0.3, 0.4) is 0 Å². The van der Waals surface area contributed by atoms with Crippen molar-refractivity contribution in [3.63, 3.8) is 0 Å². The van der Waals surface area contributed by atoms with Gasteiger partial charge in [-0.05, 0) is 37.8 Å². The van der Waals surface area contributed by atoms with Crippen molar-refractivity contribution in [2.75, 3.05) is 19.7 Å². The lowest BCUT2D eigenvalue weighted by atomic mass is 9.99. The SMILES string of the molecule is Cc1cc(OCC(=O)N2CCC(C)CC2)ccc1[N+](=O)[O-]. The number of likely N-dealkylation sites (tertiary alicyclic amines) is 1. The van der Waals surface area contributed by atoms with Crippen LogP contribution < -0.4 is 4.74 Å². The van der Waals surface area contributed by atoms with Gasteiger partial charge in [-0.15, -0.1) is 0 Å². The number of hydrogen-bond acceptors (Lipinski definition) is 4. The van der Waals surface area contributed by atoms with Gasteiger partial charge in [0, 0.05) is 24.7 Å². The van der Waals surface area contributed by atoms with Gasteiger partial charge in [0.2, 0.25) is 0 Å². The molecule has 1 aliphatic heterocycles. The summed E-state index contributed by atoms with van der Waals surface area (Å²) in [4.78, 5) is 24.2. The molecule has 1 aliphatic rings. The van der Waals surface area contributed by atoms with E-state index in [1.807, 2.05) is 4.90 Å². The Bertz CT molecular complexity index is 536. The summed E-state index contributed by atoms with van der Waals surface area (Å²) in [6, 6.07) is 4.51. The van der Waals surface area contributed by atoms with Crippen LogP contribution in [-0.4, -0.2) is 35.4 Å². The van der Waals surface area contributed by atoms with E-state index in [2.05, 4.69) is 6.92 Å². The number of nitro groups is 1. The average molecular weight is 292 g/mol. The van der Waals surface area contributed by atoms with Crippen molar-refractivity contribution >= 4 is 11.6 Å². The Morgan fingerprint density at radius 3 is 2.67 bits per heavy atom. The van der Waals surface area contributed by atoms with Crippen molar-refractivity contribution in [1.29, 1.82) is 0 Å². The molecule has 6 nitrogen and oxygen atoms in total. The molecule has 0 atom stereocenters. The zero-order valence-electron chi connectivity index (χ0n) is 12.4. The van der Waals surface area contributed by atoms with Crippen molar-refractivity contribution in [3.8, 4) is 5.75 Å². The number of benzene rings is 1. The molecule has 0 aromatic heterocycles. The number of aryl methyl sites for hydroxylation is 1. The zero-order chi connectivity index (χ0) is 15.4. The number of nitrogens with zero attached hydrogens (tertiary/aromatic N) is 2. The number of ether oxygens (including phenoxy) is 1. The van der Waals surface area contributed by atoms with E-state index in [-0.39, 0.29) is 18.2 Å². The molecule has 2 rings (SSSR count). The van der Waals surface area contributed by atoms with Crippen LogP contribution in [0.15, 0.2) is 18.2 Å². The number of carbonyl (C=O) groups is 1. The van der Waals surface area contributed by atoms with Crippen LogP contribution in [0.25, 0.3) is 0 Å². The van der Waals surface area contributed by atoms with Gasteiger partial charge in [0.25, 0.3) is 11.6 Å². The molecule has 6 heteroatoms. The lowest BCUT2D eigenvalue weighted by Gasteiger charge is -2.30. The maximum atomic E-state index is 12.0. The highest BCUT2D eigenvalue weighted by Gasteiger charge is 2.20. The second-order valence-electron chi connectivity index (χ2n) is 5.56. The molecule has 1 heterocycles. The van der Waals surface area contributed by atoms with Gasteiger partial charge >= 0.3 is 0 Å². The molecule has 1 fully saturated rings. The summed E-state index contributed by atoms with van der Waals surface area (Å²) in [6.07, 6.45) is 2.06. The molecular formula is C15H20N2O4. The third kappa shape index (κ3) is 3.93. The highest BCUT2D eigenvalue weighted by molar-refractivity contribution is 5.77. The largest absolute Gasteiger partial charge is 0.484 e. The molecule has 1 saturated heterocycles. The van der Waals surface area contributed by atoms with Crippen molar-refractivity contribution in [1.82, 2.24) is 4.90 Å². The van der Waals surface area contributed by atoms with Crippen molar-refractivity contribution < 1.29 is 14.5 Å². The van der Waals surface area contributed by atoms with E-state index < -0.39 is 4.92 Å². The highest BCUT2D eigenvalue weighted by atomic mass is 16.6. The third-order valence-electron chi connectivity index (χ3n) is 3.86. The molecule has 1 aromatic rings. The predicted molar refractivity (Wildman–Crippen MR) is 78.3 cm³/mol. The lowest BCUT2D eigenvalue weighted by Crippen LogP contribution is -2.40. The standard InChI is InChI=1S/C15H20N2O4/c1-11-5-7-16(8-6-11)15(18)10-21-13-3-4-14(17(19)20)12(2)9-13/h3-4,9,11H,5-8,10H2,1-2H3. The lowest BCUT2D eigenvalue weighted by molar-refractivity contribution is -0.385. The molecule has 0 unspecified atom stereocenters. The van der Waals surface area contributed by atoms with E-state index in [1.165, 1.54) is 12.1 Å². The van der Waals surface area contributed by atoms with Crippen LogP contribution in [0.5, 0.6) is 5.75 Å².